The Hall–Kier alpha value is -5.45. The van der Waals surface area contributed by atoms with E-state index in [0.717, 1.165) is 23.3 Å². The summed E-state index contributed by atoms with van der Waals surface area (Å²) in [7, 11) is 0. The van der Waals surface area contributed by atoms with Gasteiger partial charge in [-0.2, -0.15) is 0 Å². The fourth-order valence-corrected chi connectivity index (χ4v) is 3.57. The number of aromatic hydroxyl groups is 2. The smallest absolute Gasteiger partial charge is 0.314 e. The molecule has 0 bridgehead atoms. The summed E-state index contributed by atoms with van der Waals surface area (Å²) in [6, 6.07) is 20.9. The number of rotatable bonds is 10. The van der Waals surface area contributed by atoms with E-state index in [4.69, 9.17) is 9.47 Å². The second kappa shape index (κ2) is 11.1. The number of ketones is 1. The summed E-state index contributed by atoms with van der Waals surface area (Å²) in [6.45, 7) is 0. The van der Waals surface area contributed by atoms with E-state index in [1.54, 1.807) is 48.5 Å². The van der Waals surface area contributed by atoms with Gasteiger partial charge < -0.3 is 19.7 Å². The number of Topliss-reactive ketones (excluding diaryl/α,β-unsaturated/α-hetero) is 1. The molecular formula is C27H20N2O9. The molecule has 0 fully saturated rings. The average Bonchev–Trinajstić information content (AvgIpc) is 2.88. The largest absolute Gasteiger partial charge is 0.502 e. The van der Waals surface area contributed by atoms with Crippen molar-refractivity contribution in [1.82, 2.24) is 0 Å². The molecule has 0 spiro atoms. The molecule has 4 rings (SSSR count). The SMILES string of the molecule is O=C(Cc1ccc(Oc2ccc(O)c([N+](=O)[O-])c2)cc1)Cc1ccc(Oc2ccc(O)c([N+](=O)[O-])c2)cc1. The Morgan fingerprint density at radius 1 is 0.605 bits per heavy atom. The van der Waals surface area contributed by atoms with Crippen molar-refractivity contribution in [2.45, 2.75) is 12.8 Å². The average molecular weight is 516 g/mol. The number of ether oxygens (including phenoxy) is 2. The van der Waals surface area contributed by atoms with Crippen LogP contribution in [-0.2, 0) is 17.6 Å². The Bertz CT molecular complexity index is 1390. The minimum atomic E-state index is -0.707. The van der Waals surface area contributed by atoms with E-state index in [2.05, 4.69) is 0 Å². The van der Waals surface area contributed by atoms with Crippen molar-refractivity contribution in [3.8, 4) is 34.5 Å². The number of carbonyl (C=O) groups is 1. The molecule has 0 radical (unpaired) electrons. The minimum Gasteiger partial charge on any atom is -0.502 e. The van der Waals surface area contributed by atoms with Gasteiger partial charge in [0.25, 0.3) is 0 Å². The predicted molar refractivity (Wildman–Crippen MR) is 135 cm³/mol. The molecule has 4 aromatic rings. The van der Waals surface area contributed by atoms with Crippen LogP contribution < -0.4 is 9.47 Å². The first-order valence-electron chi connectivity index (χ1n) is 11.2. The standard InChI is InChI=1S/C27H20N2O9/c30-19(13-17-1-5-20(6-2-17)37-22-9-11-26(31)24(15-22)28(33)34)14-18-3-7-21(8-4-18)38-23-10-12-27(32)25(16-23)29(35)36/h1-12,15-16,31-32H,13-14H2. The maximum atomic E-state index is 12.6. The summed E-state index contributed by atoms with van der Waals surface area (Å²) in [4.78, 5) is 33.1. The first kappa shape index (κ1) is 25.6. The molecular weight excluding hydrogens is 496 g/mol. The second-order valence-electron chi connectivity index (χ2n) is 8.20. The number of benzene rings is 4. The van der Waals surface area contributed by atoms with Crippen molar-refractivity contribution in [3.63, 3.8) is 0 Å². The maximum absolute atomic E-state index is 12.6. The molecule has 0 saturated carbocycles. The number of nitro groups is 2. The van der Waals surface area contributed by atoms with Crippen molar-refractivity contribution in [1.29, 1.82) is 0 Å². The van der Waals surface area contributed by atoms with Crippen molar-refractivity contribution in [2.75, 3.05) is 0 Å². The van der Waals surface area contributed by atoms with Gasteiger partial charge in [0, 0.05) is 12.8 Å². The highest BCUT2D eigenvalue weighted by Crippen LogP contribution is 2.33. The lowest BCUT2D eigenvalue weighted by Crippen LogP contribution is -2.06. The second-order valence-corrected chi connectivity index (χ2v) is 8.20. The molecule has 0 aliphatic rings. The third kappa shape index (κ3) is 6.40. The Labute approximate surface area is 215 Å². The molecule has 0 aromatic heterocycles. The lowest BCUT2D eigenvalue weighted by molar-refractivity contribution is -0.386. The van der Waals surface area contributed by atoms with Gasteiger partial charge in [0.2, 0.25) is 0 Å². The van der Waals surface area contributed by atoms with E-state index >= 15 is 0 Å². The number of nitro benzene ring substituents is 2. The molecule has 0 unspecified atom stereocenters. The highest BCUT2D eigenvalue weighted by atomic mass is 16.6. The van der Waals surface area contributed by atoms with E-state index in [0.29, 0.717) is 11.5 Å². The highest BCUT2D eigenvalue weighted by molar-refractivity contribution is 5.83. The van der Waals surface area contributed by atoms with Crippen LogP contribution in [0.15, 0.2) is 84.9 Å². The van der Waals surface area contributed by atoms with Crippen LogP contribution >= 0.6 is 0 Å². The molecule has 38 heavy (non-hydrogen) atoms. The van der Waals surface area contributed by atoms with Crippen LogP contribution in [0.4, 0.5) is 11.4 Å². The zero-order chi connectivity index (χ0) is 27.2. The van der Waals surface area contributed by atoms with E-state index in [9.17, 15) is 35.2 Å². The lowest BCUT2D eigenvalue weighted by atomic mass is 10.0. The summed E-state index contributed by atoms with van der Waals surface area (Å²) in [5.41, 5.74) is 0.586. The molecule has 2 N–H and O–H groups in total. The van der Waals surface area contributed by atoms with Crippen LogP contribution in [0.5, 0.6) is 34.5 Å². The molecule has 0 heterocycles. The fourth-order valence-electron chi connectivity index (χ4n) is 3.57. The monoisotopic (exact) mass is 516 g/mol. The molecule has 4 aromatic carbocycles. The Morgan fingerprint density at radius 3 is 1.29 bits per heavy atom. The first-order chi connectivity index (χ1) is 18.2. The van der Waals surface area contributed by atoms with E-state index in [1.807, 2.05) is 0 Å². The van der Waals surface area contributed by atoms with Crippen molar-refractivity contribution in [3.05, 3.63) is 116 Å². The number of phenolic OH excluding ortho intramolecular Hbond substituents is 2. The highest BCUT2D eigenvalue weighted by Gasteiger charge is 2.16. The van der Waals surface area contributed by atoms with E-state index in [1.165, 1.54) is 24.3 Å². The zero-order valence-electron chi connectivity index (χ0n) is 19.6. The Balaban J connectivity index is 1.32. The summed E-state index contributed by atoms with van der Waals surface area (Å²) in [5.74, 6) is 0.259. The molecule has 0 atom stereocenters. The fraction of sp³-hybridized carbons (Fsp3) is 0.0741. The van der Waals surface area contributed by atoms with Gasteiger partial charge in [0.1, 0.15) is 28.8 Å². The van der Waals surface area contributed by atoms with Crippen molar-refractivity contribution >= 4 is 17.2 Å². The van der Waals surface area contributed by atoms with Crippen LogP contribution in [0, 0.1) is 20.2 Å². The van der Waals surface area contributed by atoms with Gasteiger partial charge >= 0.3 is 11.4 Å². The van der Waals surface area contributed by atoms with Gasteiger partial charge in [-0.25, -0.2) is 0 Å². The number of carbonyl (C=O) groups excluding carboxylic acids is 1. The van der Waals surface area contributed by atoms with Gasteiger partial charge in [0.15, 0.2) is 11.5 Å². The van der Waals surface area contributed by atoms with Gasteiger partial charge in [-0.15, -0.1) is 0 Å². The topological polar surface area (TPSA) is 162 Å². The predicted octanol–water partition coefficient (Wildman–Crippen LogP) is 5.85. The summed E-state index contributed by atoms with van der Waals surface area (Å²) >= 11 is 0. The van der Waals surface area contributed by atoms with E-state index < -0.39 is 32.7 Å². The number of hydrogen-bond acceptors (Lipinski definition) is 9. The van der Waals surface area contributed by atoms with E-state index in [-0.39, 0.29) is 30.1 Å². The van der Waals surface area contributed by atoms with Gasteiger partial charge in [0.05, 0.1) is 22.0 Å². The molecule has 11 nitrogen and oxygen atoms in total. The van der Waals surface area contributed by atoms with Crippen LogP contribution in [0.1, 0.15) is 11.1 Å². The quantitative estimate of drug-likeness (QED) is 0.194. The van der Waals surface area contributed by atoms with Gasteiger partial charge in [-0.3, -0.25) is 25.0 Å². The van der Waals surface area contributed by atoms with Crippen LogP contribution in [-0.4, -0.2) is 25.8 Å². The van der Waals surface area contributed by atoms with Crippen LogP contribution in [0.2, 0.25) is 0 Å². The summed E-state index contributed by atoms with van der Waals surface area (Å²) in [5, 5.41) is 41.0. The summed E-state index contributed by atoms with van der Waals surface area (Å²) in [6.07, 6.45) is 0.362. The Morgan fingerprint density at radius 2 is 0.947 bits per heavy atom. The molecule has 0 aliphatic heterocycles. The zero-order valence-corrected chi connectivity index (χ0v) is 19.6. The Kier molecular flexibility index (Phi) is 7.48. The maximum Gasteiger partial charge on any atom is 0.314 e. The summed E-state index contributed by atoms with van der Waals surface area (Å²) < 4.78 is 11.2. The van der Waals surface area contributed by atoms with Crippen molar-refractivity contribution < 1.29 is 34.3 Å². The minimum absolute atomic E-state index is 0.0318. The van der Waals surface area contributed by atoms with Gasteiger partial charge in [-0.05, 0) is 59.7 Å². The van der Waals surface area contributed by atoms with Crippen molar-refractivity contribution in [2.24, 2.45) is 0 Å². The van der Waals surface area contributed by atoms with Crippen LogP contribution in [0.3, 0.4) is 0 Å². The first-order valence-corrected chi connectivity index (χ1v) is 11.2. The number of nitrogens with zero attached hydrogens (tertiary/aromatic N) is 2. The molecule has 0 amide bonds. The normalized spacial score (nSPS) is 10.5. The molecule has 11 heteroatoms. The third-order valence-electron chi connectivity index (χ3n) is 5.41. The third-order valence-corrected chi connectivity index (χ3v) is 5.41. The molecule has 192 valence electrons. The molecule has 0 aliphatic carbocycles. The molecule has 0 saturated heterocycles. The van der Waals surface area contributed by atoms with Crippen LogP contribution in [0.25, 0.3) is 0 Å². The lowest BCUT2D eigenvalue weighted by Gasteiger charge is -2.08. The number of phenols is 2. The van der Waals surface area contributed by atoms with Gasteiger partial charge in [-0.1, -0.05) is 24.3 Å². The number of hydrogen-bond donors (Lipinski definition) is 2.